The van der Waals surface area contributed by atoms with Crippen molar-refractivity contribution in [3.8, 4) is 0 Å². The topological polar surface area (TPSA) is 9.23 Å². The lowest BCUT2D eigenvalue weighted by Crippen LogP contribution is -3.00. The van der Waals surface area contributed by atoms with Gasteiger partial charge in [-0.05, 0) is 36.4 Å². The lowest BCUT2D eigenvalue weighted by Gasteiger charge is -2.27. The summed E-state index contributed by atoms with van der Waals surface area (Å²) in [5.74, 6) is 0. The summed E-state index contributed by atoms with van der Waals surface area (Å²) in [5, 5.41) is 4.23. The highest BCUT2D eigenvalue weighted by Gasteiger charge is 2.44. The van der Waals surface area contributed by atoms with Crippen LogP contribution in [0.15, 0.2) is 91.0 Å². The molecule has 0 aliphatic rings. The van der Waals surface area contributed by atoms with Crippen molar-refractivity contribution in [1.29, 1.82) is 0 Å². The monoisotopic (exact) mass is 400 g/mol. The molecule has 0 saturated heterocycles. The molecule has 0 aliphatic heterocycles. The minimum absolute atomic E-state index is 0. The third kappa shape index (κ3) is 3.78. The average molecular weight is 401 g/mol. The van der Waals surface area contributed by atoms with Crippen molar-refractivity contribution in [2.45, 2.75) is 0 Å². The molecule has 3 aromatic rings. The van der Waals surface area contributed by atoms with Crippen LogP contribution in [0.3, 0.4) is 0 Å². The molecule has 0 spiro atoms. The summed E-state index contributed by atoms with van der Waals surface area (Å²) in [7, 11) is 0.0926. The van der Waals surface area contributed by atoms with Gasteiger partial charge in [-0.15, -0.1) is 0 Å². The van der Waals surface area contributed by atoms with Crippen molar-refractivity contribution in [1.82, 2.24) is 0 Å². The van der Waals surface area contributed by atoms with E-state index in [9.17, 15) is 0 Å². The maximum absolute atomic E-state index is 5.49. The quantitative estimate of drug-likeness (QED) is 0.551. The minimum atomic E-state index is -1.69. The van der Waals surface area contributed by atoms with E-state index in [1.165, 1.54) is 15.9 Å². The molecule has 0 aliphatic carbocycles. The minimum Gasteiger partial charge on any atom is -1.00 e. The number of hydrogen-bond donors (Lipinski definition) is 0. The van der Waals surface area contributed by atoms with E-state index in [0.29, 0.717) is 0 Å². The molecule has 0 fully saturated rings. The molecular weight excluding hydrogens is 379 g/mol. The standard InChI is InChI=1S/C21H22OP.BrH/c1-22-17-18-23(19-11-5-2-6-12-19,20-13-7-3-8-14-20)21-15-9-4-10-16-21;/h2-16H,17-18H2,1H3;1H/q+1;/p-1. The Labute approximate surface area is 155 Å². The van der Waals surface area contributed by atoms with Crippen molar-refractivity contribution >= 4 is 23.2 Å². The molecule has 0 aromatic heterocycles. The van der Waals surface area contributed by atoms with Gasteiger partial charge in [0.2, 0.25) is 0 Å². The van der Waals surface area contributed by atoms with Crippen LogP contribution in [0.2, 0.25) is 0 Å². The molecule has 3 aromatic carbocycles. The Hall–Kier alpha value is -1.47. The van der Waals surface area contributed by atoms with Gasteiger partial charge in [0, 0.05) is 7.11 Å². The third-order valence-electron chi connectivity index (χ3n) is 4.22. The maximum Gasteiger partial charge on any atom is 0.114 e. The van der Waals surface area contributed by atoms with Crippen LogP contribution in [0.1, 0.15) is 0 Å². The van der Waals surface area contributed by atoms with Crippen LogP contribution in [-0.4, -0.2) is 19.9 Å². The fraction of sp³-hybridized carbons (Fsp3) is 0.143. The van der Waals surface area contributed by atoms with Crippen molar-refractivity contribution in [3.05, 3.63) is 91.0 Å². The molecule has 0 heterocycles. The van der Waals surface area contributed by atoms with E-state index in [4.69, 9.17) is 4.74 Å². The fourth-order valence-corrected chi connectivity index (χ4v) is 7.28. The number of ether oxygens (including phenoxy) is 1. The zero-order valence-electron chi connectivity index (χ0n) is 13.8. The highest BCUT2D eigenvalue weighted by Crippen LogP contribution is 2.54. The SMILES string of the molecule is COCC[P+](c1ccccc1)(c1ccccc1)c1ccccc1.[Br-]. The number of rotatable bonds is 6. The van der Waals surface area contributed by atoms with E-state index >= 15 is 0 Å². The lowest BCUT2D eigenvalue weighted by molar-refractivity contribution is -0.00000487. The summed E-state index contributed by atoms with van der Waals surface area (Å²) < 4.78 is 5.49. The second kappa shape index (κ2) is 9.13. The summed E-state index contributed by atoms with van der Waals surface area (Å²) >= 11 is 0. The van der Waals surface area contributed by atoms with Crippen LogP contribution < -0.4 is 32.9 Å². The van der Waals surface area contributed by atoms with Gasteiger partial charge in [-0.25, -0.2) is 0 Å². The first-order chi connectivity index (χ1) is 11.4. The van der Waals surface area contributed by atoms with Crippen LogP contribution in [0, 0.1) is 0 Å². The molecule has 0 atom stereocenters. The van der Waals surface area contributed by atoms with Crippen molar-refractivity contribution in [2.75, 3.05) is 19.9 Å². The van der Waals surface area contributed by atoms with Gasteiger partial charge >= 0.3 is 0 Å². The molecule has 0 bridgehead atoms. The molecule has 0 N–H and O–H groups in total. The Morgan fingerprint density at radius 1 is 0.625 bits per heavy atom. The smallest absolute Gasteiger partial charge is 0.114 e. The number of hydrogen-bond acceptors (Lipinski definition) is 1. The molecular formula is C21H22BrOP. The van der Waals surface area contributed by atoms with Gasteiger partial charge in [0.1, 0.15) is 23.2 Å². The Morgan fingerprint density at radius 3 is 1.25 bits per heavy atom. The van der Waals surface area contributed by atoms with E-state index in [1.807, 2.05) is 0 Å². The molecule has 3 heteroatoms. The summed E-state index contributed by atoms with van der Waals surface area (Å²) in [6.45, 7) is 0.756. The number of methoxy groups -OCH3 is 1. The van der Waals surface area contributed by atoms with Crippen molar-refractivity contribution in [2.24, 2.45) is 0 Å². The third-order valence-corrected chi connectivity index (χ3v) is 8.61. The Morgan fingerprint density at radius 2 is 0.958 bits per heavy atom. The summed E-state index contributed by atoms with van der Waals surface area (Å²) in [4.78, 5) is 0. The predicted octanol–water partition coefficient (Wildman–Crippen LogP) is 0.631. The lowest BCUT2D eigenvalue weighted by atomic mass is 10.4. The summed E-state index contributed by atoms with van der Waals surface area (Å²) in [6, 6.07) is 32.7. The zero-order chi connectivity index (χ0) is 16.0. The fourth-order valence-electron chi connectivity index (χ4n) is 3.11. The summed E-state index contributed by atoms with van der Waals surface area (Å²) in [6.07, 6.45) is 1.02. The normalized spacial score (nSPS) is 10.9. The predicted molar refractivity (Wildman–Crippen MR) is 102 cm³/mol. The second-order valence-corrected chi connectivity index (χ2v) is 9.15. The Balaban J connectivity index is 0.00000208. The molecule has 3 rings (SSSR count). The van der Waals surface area contributed by atoms with Crippen LogP contribution in [0.5, 0.6) is 0 Å². The first-order valence-corrected chi connectivity index (χ1v) is 9.89. The second-order valence-electron chi connectivity index (χ2n) is 5.53. The first kappa shape index (κ1) is 18.9. The van der Waals surface area contributed by atoms with Gasteiger partial charge in [-0.2, -0.15) is 0 Å². The van der Waals surface area contributed by atoms with Gasteiger partial charge in [0.25, 0.3) is 0 Å². The van der Waals surface area contributed by atoms with Gasteiger partial charge in [-0.3, -0.25) is 0 Å². The van der Waals surface area contributed by atoms with E-state index in [1.54, 1.807) is 7.11 Å². The Bertz CT molecular complexity index is 620. The van der Waals surface area contributed by atoms with Crippen LogP contribution in [0.25, 0.3) is 0 Å². The molecule has 0 amide bonds. The van der Waals surface area contributed by atoms with Gasteiger partial charge < -0.3 is 21.7 Å². The largest absolute Gasteiger partial charge is 1.00 e. The van der Waals surface area contributed by atoms with Crippen molar-refractivity contribution in [3.63, 3.8) is 0 Å². The van der Waals surface area contributed by atoms with E-state index in [-0.39, 0.29) is 17.0 Å². The van der Waals surface area contributed by atoms with E-state index in [0.717, 1.165) is 12.8 Å². The average Bonchev–Trinajstić information content (AvgIpc) is 2.65. The summed E-state index contributed by atoms with van der Waals surface area (Å²) in [5.41, 5.74) is 0. The van der Waals surface area contributed by atoms with Gasteiger partial charge in [-0.1, -0.05) is 54.6 Å². The molecule has 0 unspecified atom stereocenters. The molecule has 1 nitrogen and oxygen atoms in total. The van der Waals surface area contributed by atoms with Crippen LogP contribution in [0.4, 0.5) is 0 Å². The molecule has 124 valence electrons. The van der Waals surface area contributed by atoms with E-state index in [2.05, 4.69) is 91.0 Å². The zero-order valence-corrected chi connectivity index (χ0v) is 16.3. The van der Waals surface area contributed by atoms with E-state index < -0.39 is 7.26 Å². The highest BCUT2D eigenvalue weighted by molar-refractivity contribution is 7.95. The molecule has 24 heavy (non-hydrogen) atoms. The van der Waals surface area contributed by atoms with Crippen LogP contribution in [-0.2, 0) is 4.74 Å². The Kier molecular flexibility index (Phi) is 7.17. The number of halogens is 1. The molecule has 0 saturated carbocycles. The van der Waals surface area contributed by atoms with Gasteiger partial charge in [0.05, 0.1) is 12.8 Å². The molecule has 0 radical (unpaired) electrons. The highest BCUT2D eigenvalue weighted by atomic mass is 79.9. The van der Waals surface area contributed by atoms with Crippen molar-refractivity contribution < 1.29 is 21.7 Å². The van der Waals surface area contributed by atoms with Crippen LogP contribution >= 0.6 is 7.26 Å². The number of benzene rings is 3. The first-order valence-electron chi connectivity index (χ1n) is 7.92. The van der Waals surface area contributed by atoms with Gasteiger partial charge in [0.15, 0.2) is 0 Å². The maximum atomic E-state index is 5.49.